The average Bonchev–Trinajstić information content (AvgIpc) is 2.95. The highest BCUT2D eigenvalue weighted by Gasteiger charge is 2.40. The van der Waals surface area contributed by atoms with Crippen LogP contribution in [0.25, 0.3) is 0 Å². The second-order valence-corrected chi connectivity index (χ2v) is 11.0. The van der Waals surface area contributed by atoms with Gasteiger partial charge in [-0.25, -0.2) is 19.2 Å². The lowest BCUT2D eigenvalue weighted by molar-refractivity contribution is -0.134. The number of hydrogen-bond donors (Lipinski definition) is 4. The van der Waals surface area contributed by atoms with Crippen molar-refractivity contribution in [1.29, 1.82) is 0 Å². The second-order valence-electron chi connectivity index (χ2n) is 9.73. The molecule has 0 radical (unpaired) electrons. The average molecular weight is 642 g/mol. The third-order valence-electron chi connectivity index (χ3n) is 6.48. The van der Waals surface area contributed by atoms with Gasteiger partial charge >= 0.3 is 30.1 Å². The largest absolute Gasteiger partial charge is 0.478 e. The summed E-state index contributed by atoms with van der Waals surface area (Å²) >= 11 is 1.66. The first-order chi connectivity index (χ1) is 20.7. The fourth-order valence-electron chi connectivity index (χ4n) is 4.40. The van der Waals surface area contributed by atoms with E-state index in [4.69, 9.17) is 20.4 Å². The zero-order valence-corrected chi connectivity index (χ0v) is 24.6. The quantitative estimate of drug-likeness (QED) is 0.307. The van der Waals surface area contributed by atoms with Crippen LogP contribution in [0.3, 0.4) is 0 Å². The molecule has 11 nitrogen and oxygen atoms in total. The number of nitrogens with zero attached hydrogens (tertiary/aromatic N) is 3. The molecule has 1 aromatic rings. The van der Waals surface area contributed by atoms with Gasteiger partial charge in [0, 0.05) is 61.9 Å². The Kier molecular flexibility index (Phi) is 14.2. The van der Waals surface area contributed by atoms with Gasteiger partial charge in [-0.1, -0.05) is 24.3 Å². The number of para-hydroxylation sites is 1. The molecular formula is C29H34F3N3O8S. The maximum Gasteiger partial charge on any atom is 0.416 e. The van der Waals surface area contributed by atoms with Gasteiger partial charge in [0.1, 0.15) is 0 Å². The summed E-state index contributed by atoms with van der Waals surface area (Å²) in [5.41, 5.74) is 0.526. The molecule has 1 aromatic carbocycles. The minimum absolute atomic E-state index is 0.0182. The van der Waals surface area contributed by atoms with Crippen LogP contribution in [0.1, 0.15) is 6.42 Å². The van der Waals surface area contributed by atoms with Crippen LogP contribution < -0.4 is 4.90 Å². The molecular weight excluding hydrogens is 607 g/mol. The molecule has 2 unspecified atom stereocenters. The number of thioether (sulfide) groups is 1. The lowest BCUT2D eigenvalue weighted by Crippen LogP contribution is -2.47. The van der Waals surface area contributed by atoms with E-state index in [1.807, 2.05) is 18.2 Å². The van der Waals surface area contributed by atoms with E-state index in [9.17, 15) is 32.3 Å². The Morgan fingerprint density at radius 2 is 1.39 bits per heavy atom. The van der Waals surface area contributed by atoms with Crippen LogP contribution in [0.15, 0.2) is 77.3 Å². The number of carbonyl (C=O) groups is 4. The van der Waals surface area contributed by atoms with Crippen LogP contribution in [0.5, 0.6) is 0 Å². The normalized spacial score (nSPS) is 20.0. The maximum atomic E-state index is 13.3. The van der Waals surface area contributed by atoms with Crippen LogP contribution >= 0.6 is 11.8 Å². The summed E-state index contributed by atoms with van der Waals surface area (Å²) < 4.78 is 39.9. The van der Waals surface area contributed by atoms with E-state index in [2.05, 4.69) is 27.8 Å². The van der Waals surface area contributed by atoms with E-state index in [0.29, 0.717) is 24.3 Å². The Morgan fingerprint density at radius 1 is 0.864 bits per heavy atom. The lowest BCUT2D eigenvalue weighted by atomic mass is 9.99. The predicted octanol–water partition coefficient (Wildman–Crippen LogP) is 3.46. The smallest absolute Gasteiger partial charge is 0.416 e. The lowest BCUT2D eigenvalue weighted by Gasteiger charge is -2.43. The number of halogens is 3. The minimum Gasteiger partial charge on any atom is -0.478 e. The number of anilines is 1. The third-order valence-corrected chi connectivity index (χ3v) is 7.79. The van der Waals surface area contributed by atoms with Crippen LogP contribution in [-0.4, -0.2) is 118 Å². The maximum absolute atomic E-state index is 13.3. The number of benzene rings is 1. The van der Waals surface area contributed by atoms with Gasteiger partial charge < -0.3 is 35.1 Å². The molecule has 44 heavy (non-hydrogen) atoms. The van der Waals surface area contributed by atoms with E-state index in [0.717, 1.165) is 56.3 Å². The predicted molar refractivity (Wildman–Crippen MR) is 158 cm³/mol. The van der Waals surface area contributed by atoms with E-state index in [-0.39, 0.29) is 11.3 Å². The molecule has 0 amide bonds. The number of rotatable bonds is 8. The van der Waals surface area contributed by atoms with Crippen molar-refractivity contribution in [2.75, 3.05) is 51.2 Å². The highest BCUT2D eigenvalue weighted by atomic mass is 32.2. The molecule has 4 rings (SSSR count). The Balaban J connectivity index is 0.000000349. The molecule has 15 heteroatoms. The van der Waals surface area contributed by atoms with Crippen LogP contribution in [0.4, 0.5) is 18.9 Å². The number of hydrogen-bond acceptors (Lipinski definition) is 8. The Morgan fingerprint density at radius 3 is 1.89 bits per heavy atom. The third kappa shape index (κ3) is 12.7. The highest BCUT2D eigenvalue weighted by Crippen LogP contribution is 2.45. The van der Waals surface area contributed by atoms with Gasteiger partial charge in [-0.15, -0.1) is 11.8 Å². The molecule has 240 valence electrons. The topological polar surface area (TPSA) is 159 Å². The van der Waals surface area contributed by atoms with Gasteiger partial charge in [-0.3, -0.25) is 0 Å². The Bertz CT molecular complexity index is 1220. The van der Waals surface area contributed by atoms with Crippen molar-refractivity contribution in [3.63, 3.8) is 0 Å². The van der Waals surface area contributed by atoms with Crippen molar-refractivity contribution < 1.29 is 52.8 Å². The van der Waals surface area contributed by atoms with Gasteiger partial charge in [0.2, 0.25) is 0 Å². The zero-order valence-electron chi connectivity index (χ0n) is 23.8. The van der Waals surface area contributed by atoms with E-state index in [1.54, 1.807) is 17.8 Å². The van der Waals surface area contributed by atoms with Crippen LogP contribution in [0.2, 0.25) is 0 Å². The summed E-state index contributed by atoms with van der Waals surface area (Å²) in [7, 11) is 2.14. The van der Waals surface area contributed by atoms with E-state index < -0.39 is 35.6 Å². The number of aliphatic carboxylic acids is 4. The van der Waals surface area contributed by atoms with Crippen molar-refractivity contribution in [1.82, 2.24) is 9.80 Å². The summed E-state index contributed by atoms with van der Waals surface area (Å²) in [6, 6.07) is 7.82. The van der Waals surface area contributed by atoms with Gasteiger partial charge in [0.25, 0.3) is 0 Å². The summed E-state index contributed by atoms with van der Waals surface area (Å²) in [5.74, 6) is -5.03. The SMILES string of the molecule is CN1CCN(CCCN2c3ccccc3SC3C=CC(C(F)(F)F)=CC32)CC1.O=C(O)/C=C/C(=O)O.O=C(O)/C=C/C(=O)O. The van der Waals surface area contributed by atoms with Crippen LogP contribution in [0, 0.1) is 0 Å². The molecule has 1 fully saturated rings. The van der Waals surface area contributed by atoms with Gasteiger partial charge in [-0.2, -0.15) is 13.2 Å². The summed E-state index contributed by atoms with van der Waals surface area (Å²) in [5, 5.41) is 31.3. The summed E-state index contributed by atoms with van der Waals surface area (Å²) in [6.07, 6.45) is 3.27. The number of alkyl halides is 3. The number of carboxylic acid groups (broad SMARTS) is 4. The van der Waals surface area contributed by atoms with Crippen molar-refractivity contribution in [2.24, 2.45) is 0 Å². The van der Waals surface area contributed by atoms with Gasteiger partial charge in [0.15, 0.2) is 0 Å². The first-order valence-electron chi connectivity index (χ1n) is 13.4. The molecule has 4 N–H and O–H groups in total. The number of likely N-dealkylation sites (N-methyl/N-ethyl adjacent to an activating group) is 1. The zero-order chi connectivity index (χ0) is 32.9. The molecule has 3 aliphatic rings. The van der Waals surface area contributed by atoms with E-state index in [1.165, 1.54) is 12.2 Å². The number of carboxylic acids is 4. The minimum atomic E-state index is -4.30. The second kappa shape index (κ2) is 17.3. The molecule has 0 saturated carbocycles. The van der Waals surface area contributed by atoms with Crippen molar-refractivity contribution in [3.8, 4) is 0 Å². The van der Waals surface area contributed by atoms with Crippen LogP contribution in [-0.2, 0) is 19.2 Å². The molecule has 0 bridgehead atoms. The highest BCUT2D eigenvalue weighted by molar-refractivity contribution is 8.00. The molecule has 2 atom stereocenters. The first-order valence-corrected chi connectivity index (χ1v) is 14.2. The van der Waals surface area contributed by atoms with E-state index >= 15 is 0 Å². The summed E-state index contributed by atoms with van der Waals surface area (Å²) in [6.45, 7) is 6.04. The fraction of sp³-hybridized carbons (Fsp3) is 0.379. The number of piperazine rings is 1. The van der Waals surface area contributed by atoms with Crippen molar-refractivity contribution in [2.45, 2.75) is 28.8 Å². The number of fused-ring (bicyclic) bond motifs is 2. The molecule has 2 aliphatic heterocycles. The van der Waals surface area contributed by atoms with Gasteiger partial charge in [0.05, 0.1) is 22.6 Å². The summed E-state index contributed by atoms with van der Waals surface area (Å²) in [4.78, 5) is 46.3. The standard InChI is InChI=1S/C21H26F3N3S.2C4H4O4/c1-25-11-13-26(14-12-25)9-4-10-27-17-5-2-3-6-19(17)28-20-8-7-16(15-18(20)27)21(22,23)24;2*5-3(6)1-2-4(7)8/h2-3,5-8,15,18,20H,4,9-14H2,1H3;2*1-2H,(H,5,6)(H,7,8)/b;2*2-1+. The molecule has 0 spiro atoms. The first kappa shape index (κ1) is 36.1. The van der Waals surface area contributed by atoms with Crippen molar-refractivity contribution >= 4 is 41.3 Å². The van der Waals surface area contributed by atoms with Gasteiger partial charge in [-0.05, 0) is 38.2 Å². The Hall–Kier alpha value is -4.08. The van der Waals surface area contributed by atoms with Crippen molar-refractivity contribution in [3.05, 3.63) is 72.4 Å². The molecule has 2 heterocycles. The number of allylic oxidation sites excluding steroid dienone is 2. The molecule has 1 aliphatic carbocycles. The molecule has 0 aromatic heterocycles. The Labute approximate surface area is 256 Å². The molecule has 1 saturated heterocycles. The fourth-order valence-corrected chi connectivity index (χ4v) is 5.68. The monoisotopic (exact) mass is 641 g/mol.